The molecule has 1 saturated carbocycles. The number of ether oxygens (including phenoxy) is 2. The number of nitrogens with zero attached hydrogens (tertiary/aromatic N) is 4. The minimum Gasteiger partial charge on any atom is -0.496 e. The number of carbonyl (C=O) groups excluding carboxylic acids is 1. The van der Waals surface area contributed by atoms with Gasteiger partial charge in [-0.25, -0.2) is 0 Å². The number of benzene rings is 2. The van der Waals surface area contributed by atoms with E-state index >= 15 is 0 Å². The molecule has 1 aliphatic rings. The average molecular weight is 444 g/mol. The van der Waals surface area contributed by atoms with Gasteiger partial charge in [0.1, 0.15) is 35.6 Å². The number of aromatic nitrogens is 2. The van der Waals surface area contributed by atoms with Gasteiger partial charge in [-0.3, -0.25) is 9.79 Å². The summed E-state index contributed by atoms with van der Waals surface area (Å²) in [7, 11) is 1.50. The maximum atomic E-state index is 13.6. The highest BCUT2D eigenvalue weighted by Gasteiger charge is 2.26. The number of hydrogen-bond acceptors (Lipinski definition) is 7. The Morgan fingerprint density at radius 2 is 2.00 bits per heavy atom. The molecular formula is C25H25N5O3. The molecule has 0 spiro atoms. The maximum Gasteiger partial charge on any atom is 0.233 e. The third-order valence-electron chi connectivity index (χ3n) is 5.63. The van der Waals surface area contributed by atoms with Crippen molar-refractivity contribution < 1.29 is 14.3 Å². The Morgan fingerprint density at radius 3 is 2.67 bits per heavy atom. The number of nitrogen functional groups attached to an aromatic ring is 1. The molecule has 0 unspecified atom stereocenters. The molecule has 2 N–H and O–H groups in total. The molecule has 168 valence electrons. The Morgan fingerprint density at radius 1 is 1.24 bits per heavy atom. The van der Waals surface area contributed by atoms with Gasteiger partial charge in [0.05, 0.1) is 24.9 Å². The van der Waals surface area contributed by atoms with E-state index in [0.29, 0.717) is 23.7 Å². The van der Waals surface area contributed by atoms with Crippen LogP contribution in [0.3, 0.4) is 0 Å². The van der Waals surface area contributed by atoms with Crippen LogP contribution in [0.2, 0.25) is 0 Å². The summed E-state index contributed by atoms with van der Waals surface area (Å²) in [5, 5.41) is 13.4. The first-order valence-electron chi connectivity index (χ1n) is 10.8. The van der Waals surface area contributed by atoms with Gasteiger partial charge in [-0.1, -0.05) is 43.2 Å². The number of nitriles is 1. The highest BCUT2D eigenvalue weighted by molar-refractivity contribution is 6.46. The van der Waals surface area contributed by atoms with E-state index in [4.69, 9.17) is 20.2 Å². The number of hydrogen-bond donors (Lipinski definition) is 1. The molecule has 1 aromatic heterocycles. The fourth-order valence-electron chi connectivity index (χ4n) is 3.84. The van der Waals surface area contributed by atoms with Gasteiger partial charge < -0.3 is 15.2 Å². The summed E-state index contributed by atoms with van der Waals surface area (Å²) in [5.74, 6) is 0.719. The number of nitrogens with two attached hydrogens (primary N) is 1. The first kappa shape index (κ1) is 22.1. The molecule has 1 aliphatic carbocycles. The van der Waals surface area contributed by atoms with Crippen molar-refractivity contribution in [3.63, 3.8) is 0 Å². The molecule has 0 atom stereocenters. The molecule has 8 nitrogen and oxygen atoms in total. The number of rotatable bonds is 7. The van der Waals surface area contributed by atoms with Crippen molar-refractivity contribution in [2.75, 3.05) is 12.8 Å². The Bertz CT molecular complexity index is 1200. The zero-order valence-corrected chi connectivity index (χ0v) is 18.4. The van der Waals surface area contributed by atoms with Crippen LogP contribution in [0.1, 0.15) is 47.2 Å². The third kappa shape index (κ3) is 4.88. The molecule has 0 bridgehead atoms. The number of ketones is 1. The van der Waals surface area contributed by atoms with Gasteiger partial charge in [-0.05, 0) is 30.5 Å². The SMILES string of the molecule is COc1cc(OCc2ccccc2)ccc1C(=O)/C(=N/C1CCCC1)n1ncc(C#N)c1N. The van der Waals surface area contributed by atoms with Gasteiger partial charge in [-0.15, -0.1) is 0 Å². The molecule has 8 heteroatoms. The van der Waals surface area contributed by atoms with Crippen LogP contribution in [0.4, 0.5) is 5.82 Å². The number of carbonyl (C=O) groups is 1. The lowest BCUT2D eigenvalue weighted by Crippen LogP contribution is -2.28. The predicted molar refractivity (Wildman–Crippen MR) is 125 cm³/mol. The van der Waals surface area contributed by atoms with Gasteiger partial charge in [0.2, 0.25) is 5.78 Å². The highest BCUT2D eigenvalue weighted by Crippen LogP contribution is 2.28. The van der Waals surface area contributed by atoms with Crippen molar-refractivity contribution in [1.29, 1.82) is 5.26 Å². The topological polar surface area (TPSA) is 116 Å². The van der Waals surface area contributed by atoms with Crippen molar-refractivity contribution in [3.05, 3.63) is 71.4 Å². The largest absolute Gasteiger partial charge is 0.496 e. The molecule has 4 rings (SSSR count). The molecule has 0 amide bonds. The van der Waals surface area contributed by atoms with Crippen molar-refractivity contribution in [2.24, 2.45) is 4.99 Å². The van der Waals surface area contributed by atoms with Crippen LogP contribution >= 0.6 is 0 Å². The van der Waals surface area contributed by atoms with Crippen LogP contribution in [0.5, 0.6) is 11.5 Å². The van der Waals surface area contributed by atoms with Crippen molar-refractivity contribution in [1.82, 2.24) is 9.78 Å². The second kappa shape index (κ2) is 10.0. The third-order valence-corrected chi connectivity index (χ3v) is 5.63. The van der Waals surface area contributed by atoms with Gasteiger partial charge in [0.15, 0.2) is 5.84 Å². The second-order valence-electron chi connectivity index (χ2n) is 7.82. The van der Waals surface area contributed by atoms with E-state index in [0.717, 1.165) is 31.2 Å². The molecule has 3 aromatic rings. The van der Waals surface area contributed by atoms with Crippen molar-refractivity contribution >= 4 is 17.4 Å². The summed E-state index contributed by atoms with van der Waals surface area (Å²) in [6.07, 6.45) is 5.25. The second-order valence-corrected chi connectivity index (χ2v) is 7.82. The van der Waals surface area contributed by atoms with Crippen LogP contribution in [0.15, 0.2) is 59.7 Å². The van der Waals surface area contributed by atoms with Gasteiger partial charge >= 0.3 is 0 Å². The Kier molecular flexibility index (Phi) is 6.69. The first-order valence-corrected chi connectivity index (χ1v) is 10.8. The van der Waals surface area contributed by atoms with Crippen LogP contribution < -0.4 is 15.2 Å². The normalized spacial score (nSPS) is 14.1. The Hall–Kier alpha value is -4.12. The monoisotopic (exact) mass is 443 g/mol. The van der Waals surface area contributed by atoms with Gasteiger partial charge in [0.25, 0.3) is 0 Å². The zero-order valence-electron chi connectivity index (χ0n) is 18.4. The zero-order chi connectivity index (χ0) is 23.2. The van der Waals surface area contributed by atoms with Crippen molar-refractivity contribution in [2.45, 2.75) is 38.3 Å². The lowest BCUT2D eigenvalue weighted by Gasteiger charge is -2.14. The summed E-state index contributed by atoms with van der Waals surface area (Å²) in [4.78, 5) is 18.3. The number of anilines is 1. The molecule has 0 saturated heterocycles. The molecule has 0 radical (unpaired) electrons. The minimum absolute atomic E-state index is 0.0116. The van der Waals surface area contributed by atoms with E-state index in [1.54, 1.807) is 18.2 Å². The molecule has 33 heavy (non-hydrogen) atoms. The highest BCUT2D eigenvalue weighted by atomic mass is 16.5. The minimum atomic E-state index is -0.382. The van der Waals surface area contributed by atoms with E-state index < -0.39 is 0 Å². The van der Waals surface area contributed by atoms with Crippen LogP contribution in [-0.2, 0) is 6.61 Å². The number of methoxy groups -OCH3 is 1. The summed E-state index contributed by atoms with van der Waals surface area (Å²) in [6, 6.07) is 16.8. The smallest absolute Gasteiger partial charge is 0.233 e. The standard InChI is InChI=1S/C25H25N5O3/c1-32-22-13-20(33-16-17-7-3-2-4-8-17)11-12-21(22)23(31)25(29-19-9-5-6-10-19)30-24(27)18(14-26)15-28-30/h2-4,7-8,11-13,15,19H,5-6,9-10,16,27H2,1H3/b29-25-. The maximum absolute atomic E-state index is 13.6. The molecular weight excluding hydrogens is 418 g/mol. The first-order chi connectivity index (χ1) is 16.1. The molecule has 0 aliphatic heterocycles. The lowest BCUT2D eigenvalue weighted by atomic mass is 10.1. The Balaban J connectivity index is 1.65. The van der Waals surface area contributed by atoms with E-state index in [1.165, 1.54) is 18.0 Å². The van der Waals surface area contributed by atoms with Crippen molar-refractivity contribution in [3.8, 4) is 17.6 Å². The summed E-state index contributed by atoms with van der Waals surface area (Å²) >= 11 is 0. The number of Topliss-reactive ketones (excluding diaryl/α,β-unsaturated/α-hetero) is 1. The quantitative estimate of drug-likeness (QED) is 0.335. The molecule has 1 fully saturated rings. The predicted octanol–water partition coefficient (Wildman–Crippen LogP) is 4.00. The summed E-state index contributed by atoms with van der Waals surface area (Å²) in [6.45, 7) is 0.395. The van der Waals surface area contributed by atoms with E-state index in [9.17, 15) is 10.1 Å². The Labute approximate surface area is 192 Å². The average Bonchev–Trinajstić information content (AvgIpc) is 3.50. The van der Waals surface area contributed by atoms with Gasteiger partial charge in [0, 0.05) is 6.07 Å². The van der Waals surface area contributed by atoms with E-state index in [-0.39, 0.29) is 29.0 Å². The fraction of sp³-hybridized carbons (Fsp3) is 0.280. The van der Waals surface area contributed by atoms with Gasteiger partial charge in [-0.2, -0.15) is 15.0 Å². The van der Waals surface area contributed by atoms with Crippen LogP contribution in [0.25, 0.3) is 0 Å². The summed E-state index contributed by atoms with van der Waals surface area (Å²) < 4.78 is 12.6. The molecule has 1 heterocycles. The van der Waals surface area contributed by atoms with E-state index in [2.05, 4.69) is 5.10 Å². The lowest BCUT2D eigenvalue weighted by molar-refractivity contribution is 0.105. The summed E-state index contributed by atoms with van der Waals surface area (Å²) in [5.41, 5.74) is 7.63. The van der Waals surface area contributed by atoms with Crippen LogP contribution in [0, 0.1) is 11.3 Å². The van der Waals surface area contributed by atoms with Crippen LogP contribution in [-0.4, -0.2) is 34.6 Å². The number of aliphatic imine (C=N–C) groups is 1. The fourth-order valence-corrected chi connectivity index (χ4v) is 3.84. The van der Waals surface area contributed by atoms with E-state index in [1.807, 2.05) is 36.4 Å². The molecule has 2 aromatic carbocycles.